The van der Waals surface area contributed by atoms with Crippen LogP contribution in [0.25, 0.3) is 0 Å². The Morgan fingerprint density at radius 2 is 2.28 bits per heavy atom. The first-order valence-electron chi connectivity index (χ1n) is 5.30. The average Bonchev–Trinajstić information content (AvgIpc) is 2.27. The largest absolute Gasteiger partial charge is 0.398 e. The van der Waals surface area contributed by atoms with Crippen LogP contribution >= 0.6 is 11.8 Å². The van der Waals surface area contributed by atoms with E-state index in [-0.39, 0.29) is 11.4 Å². The van der Waals surface area contributed by atoms with Gasteiger partial charge in [0.05, 0.1) is 0 Å². The van der Waals surface area contributed by atoms with E-state index in [0.717, 1.165) is 0 Å². The van der Waals surface area contributed by atoms with Gasteiger partial charge < -0.3 is 10.7 Å². The molecule has 0 radical (unpaired) electrons. The van der Waals surface area contributed by atoms with E-state index in [1.54, 1.807) is 19.1 Å². The van der Waals surface area contributed by atoms with Crippen LogP contribution in [0, 0.1) is 12.7 Å². The van der Waals surface area contributed by atoms with Crippen LogP contribution in [-0.4, -0.2) is 9.97 Å². The van der Waals surface area contributed by atoms with Crippen molar-refractivity contribution in [1.29, 1.82) is 0 Å². The molecule has 18 heavy (non-hydrogen) atoms. The molecule has 0 saturated carbocycles. The fourth-order valence-corrected chi connectivity index (χ4v) is 2.46. The summed E-state index contributed by atoms with van der Waals surface area (Å²) in [6.45, 7) is 1.73. The quantitative estimate of drug-likeness (QED) is 0.506. The third kappa shape index (κ3) is 2.89. The zero-order valence-electron chi connectivity index (χ0n) is 9.74. The molecular weight excluding hydrogens is 253 g/mol. The Bertz CT molecular complexity index is 607. The zero-order valence-corrected chi connectivity index (χ0v) is 10.6. The molecule has 0 amide bonds. The second-order valence-corrected chi connectivity index (χ2v) is 4.75. The smallest absolute Gasteiger partial charge is 0.251 e. The number of nitrogens with one attached hydrogen (secondary N) is 1. The van der Waals surface area contributed by atoms with Crippen LogP contribution in [0.1, 0.15) is 11.3 Å². The number of hydrogen-bond acceptors (Lipinski definition) is 4. The summed E-state index contributed by atoms with van der Waals surface area (Å²) in [4.78, 5) is 18.0. The molecule has 4 nitrogen and oxygen atoms in total. The van der Waals surface area contributed by atoms with E-state index in [1.807, 2.05) is 0 Å². The standard InChI is InChI=1S/C12H12FN3OS/c1-7-5-11(17)16-12(15-7)18-6-8-9(13)3-2-4-10(8)14/h2-5H,6,14H2,1H3,(H,15,16,17). The monoisotopic (exact) mass is 265 g/mol. The van der Waals surface area contributed by atoms with Crippen molar-refractivity contribution in [3.8, 4) is 0 Å². The van der Waals surface area contributed by atoms with Crippen molar-refractivity contribution in [2.45, 2.75) is 17.8 Å². The molecule has 0 aliphatic heterocycles. The average molecular weight is 265 g/mol. The number of rotatable bonds is 3. The van der Waals surface area contributed by atoms with Gasteiger partial charge in [-0.3, -0.25) is 4.79 Å². The van der Waals surface area contributed by atoms with Crippen LogP contribution in [0.15, 0.2) is 34.2 Å². The van der Waals surface area contributed by atoms with E-state index in [4.69, 9.17) is 5.73 Å². The zero-order chi connectivity index (χ0) is 13.1. The molecule has 1 aromatic heterocycles. The molecule has 94 valence electrons. The lowest BCUT2D eigenvalue weighted by Gasteiger charge is -2.06. The molecule has 0 unspecified atom stereocenters. The van der Waals surface area contributed by atoms with Crippen molar-refractivity contribution in [3.05, 3.63) is 51.7 Å². The van der Waals surface area contributed by atoms with Gasteiger partial charge in [0, 0.05) is 28.8 Å². The number of aromatic nitrogens is 2. The molecule has 1 heterocycles. The molecule has 2 rings (SSSR count). The molecule has 0 aliphatic rings. The Labute approximate surface area is 107 Å². The van der Waals surface area contributed by atoms with E-state index < -0.39 is 0 Å². The van der Waals surface area contributed by atoms with Crippen molar-refractivity contribution in [3.63, 3.8) is 0 Å². The van der Waals surface area contributed by atoms with Crippen molar-refractivity contribution in [2.24, 2.45) is 0 Å². The van der Waals surface area contributed by atoms with Crippen molar-refractivity contribution < 1.29 is 4.39 Å². The van der Waals surface area contributed by atoms with E-state index in [0.29, 0.717) is 27.9 Å². The summed E-state index contributed by atoms with van der Waals surface area (Å²) in [5.41, 5.74) is 6.93. The van der Waals surface area contributed by atoms with E-state index in [1.165, 1.54) is 23.9 Å². The van der Waals surface area contributed by atoms with Crippen molar-refractivity contribution in [1.82, 2.24) is 9.97 Å². The number of benzene rings is 1. The fourth-order valence-electron chi connectivity index (χ4n) is 1.49. The predicted octanol–water partition coefficient (Wildman–Crippen LogP) is 2.09. The number of nitrogens with two attached hydrogens (primary N) is 1. The molecule has 0 fully saturated rings. The number of thioether (sulfide) groups is 1. The van der Waals surface area contributed by atoms with Gasteiger partial charge in [-0.15, -0.1) is 0 Å². The van der Waals surface area contributed by atoms with Crippen LogP contribution < -0.4 is 11.3 Å². The van der Waals surface area contributed by atoms with E-state index in [9.17, 15) is 9.18 Å². The van der Waals surface area contributed by atoms with Crippen molar-refractivity contribution >= 4 is 17.4 Å². The predicted molar refractivity (Wildman–Crippen MR) is 70.0 cm³/mol. The SMILES string of the molecule is Cc1cc(=O)[nH]c(SCc2c(N)cccc2F)n1. The second-order valence-electron chi connectivity index (χ2n) is 3.79. The Morgan fingerprint density at radius 3 is 2.94 bits per heavy atom. The molecule has 3 N–H and O–H groups in total. The first-order valence-corrected chi connectivity index (χ1v) is 6.28. The minimum Gasteiger partial charge on any atom is -0.398 e. The Kier molecular flexibility index (Phi) is 3.66. The molecular formula is C12H12FN3OS. The Hall–Kier alpha value is -1.82. The van der Waals surface area contributed by atoms with Gasteiger partial charge in [-0.25, -0.2) is 9.37 Å². The maximum atomic E-state index is 13.5. The summed E-state index contributed by atoms with van der Waals surface area (Å²) in [7, 11) is 0. The highest BCUT2D eigenvalue weighted by Gasteiger charge is 2.07. The lowest BCUT2D eigenvalue weighted by molar-refractivity contribution is 0.618. The first-order chi connectivity index (χ1) is 8.56. The Morgan fingerprint density at radius 1 is 1.50 bits per heavy atom. The molecule has 6 heteroatoms. The van der Waals surface area contributed by atoms with Crippen LogP contribution in [0.4, 0.5) is 10.1 Å². The van der Waals surface area contributed by atoms with Gasteiger partial charge in [-0.1, -0.05) is 17.8 Å². The molecule has 2 aromatic rings. The lowest BCUT2D eigenvalue weighted by atomic mass is 10.2. The van der Waals surface area contributed by atoms with Gasteiger partial charge >= 0.3 is 0 Å². The van der Waals surface area contributed by atoms with Crippen LogP contribution in [0.5, 0.6) is 0 Å². The first kappa shape index (κ1) is 12.6. The third-order valence-corrected chi connectivity index (χ3v) is 3.26. The van der Waals surface area contributed by atoms with Gasteiger partial charge in [0.15, 0.2) is 5.16 Å². The molecule has 0 bridgehead atoms. The summed E-state index contributed by atoms with van der Waals surface area (Å²) in [5, 5.41) is 0.461. The van der Waals surface area contributed by atoms with Gasteiger partial charge in [0.25, 0.3) is 5.56 Å². The maximum Gasteiger partial charge on any atom is 0.251 e. The highest BCUT2D eigenvalue weighted by Crippen LogP contribution is 2.24. The molecule has 0 spiro atoms. The number of hydrogen-bond donors (Lipinski definition) is 2. The lowest BCUT2D eigenvalue weighted by Crippen LogP contribution is -2.08. The number of nitrogen functional groups attached to an aromatic ring is 1. The maximum absolute atomic E-state index is 13.5. The topological polar surface area (TPSA) is 71.8 Å². The number of nitrogens with zero attached hydrogens (tertiary/aromatic N) is 1. The number of halogens is 1. The minimum absolute atomic E-state index is 0.216. The van der Waals surface area contributed by atoms with Crippen molar-refractivity contribution in [2.75, 3.05) is 5.73 Å². The Balaban J connectivity index is 2.19. The summed E-state index contributed by atoms with van der Waals surface area (Å²) < 4.78 is 13.5. The second kappa shape index (κ2) is 5.22. The highest BCUT2D eigenvalue weighted by atomic mass is 32.2. The van der Waals surface area contributed by atoms with E-state index >= 15 is 0 Å². The highest BCUT2D eigenvalue weighted by molar-refractivity contribution is 7.98. The number of aryl methyl sites for hydroxylation is 1. The summed E-state index contributed by atoms with van der Waals surface area (Å²) >= 11 is 1.24. The molecule has 1 aromatic carbocycles. The number of H-pyrrole nitrogens is 1. The van der Waals surface area contributed by atoms with Gasteiger partial charge in [-0.2, -0.15) is 0 Å². The molecule has 0 saturated heterocycles. The number of anilines is 1. The van der Waals surface area contributed by atoms with Crippen LogP contribution in [-0.2, 0) is 5.75 Å². The van der Waals surface area contributed by atoms with Crippen LogP contribution in [0.3, 0.4) is 0 Å². The number of aromatic amines is 1. The van der Waals surface area contributed by atoms with Crippen LogP contribution in [0.2, 0.25) is 0 Å². The van der Waals surface area contributed by atoms with Gasteiger partial charge in [0.2, 0.25) is 0 Å². The van der Waals surface area contributed by atoms with Gasteiger partial charge in [0.1, 0.15) is 5.82 Å². The summed E-state index contributed by atoms with van der Waals surface area (Å²) in [5.74, 6) is -0.0252. The summed E-state index contributed by atoms with van der Waals surface area (Å²) in [6, 6.07) is 5.97. The third-order valence-electron chi connectivity index (χ3n) is 2.36. The molecule has 0 aliphatic carbocycles. The minimum atomic E-state index is -0.350. The van der Waals surface area contributed by atoms with E-state index in [2.05, 4.69) is 9.97 Å². The fraction of sp³-hybridized carbons (Fsp3) is 0.167. The normalized spacial score (nSPS) is 10.6. The van der Waals surface area contributed by atoms with Gasteiger partial charge in [-0.05, 0) is 19.1 Å². The summed E-state index contributed by atoms with van der Waals surface area (Å²) in [6.07, 6.45) is 0. The molecule has 0 atom stereocenters.